The van der Waals surface area contributed by atoms with Gasteiger partial charge >= 0.3 is 6.18 Å². The van der Waals surface area contributed by atoms with Crippen LogP contribution in [0, 0.1) is 6.92 Å². The lowest BCUT2D eigenvalue weighted by atomic mass is 10.1. The zero-order valence-electron chi connectivity index (χ0n) is 19.6. The Hall–Kier alpha value is -3.98. The molecule has 0 aliphatic rings. The van der Waals surface area contributed by atoms with Gasteiger partial charge in [-0.2, -0.15) is 33.2 Å². The number of aromatic amines is 1. The highest BCUT2D eigenvalue weighted by Crippen LogP contribution is 2.34. The monoisotopic (exact) mass is 513 g/mol. The molecule has 0 fully saturated rings. The van der Waals surface area contributed by atoms with Gasteiger partial charge in [0.15, 0.2) is 11.6 Å². The van der Waals surface area contributed by atoms with E-state index in [4.69, 9.17) is 0 Å². The molecule has 12 heteroatoms. The Bertz CT molecular complexity index is 1440. The van der Waals surface area contributed by atoms with Gasteiger partial charge in [-0.15, -0.1) is 0 Å². The van der Waals surface area contributed by atoms with Crippen LogP contribution in [0.4, 0.5) is 36.6 Å². The Kier molecular flexibility index (Phi) is 6.94. The summed E-state index contributed by atoms with van der Waals surface area (Å²) in [6, 6.07) is 13.8. The Morgan fingerprint density at radius 3 is 2.22 bits per heavy atom. The molecule has 2 aromatic carbocycles. The van der Waals surface area contributed by atoms with Crippen molar-refractivity contribution in [2.75, 3.05) is 24.0 Å². The second-order valence-electron chi connectivity index (χ2n) is 8.38. The maximum absolute atomic E-state index is 13.0. The van der Waals surface area contributed by atoms with E-state index in [1.54, 1.807) is 49.7 Å². The first kappa shape index (κ1) is 25.1. The molecular formula is C24H23F3N7OP. The van der Waals surface area contributed by atoms with E-state index in [0.29, 0.717) is 17.1 Å². The molecule has 4 aromatic rings. The fourth-order valence-electron chi connectivity index (χ4n) is 3.20. The Balaban J connectivity index is 1.64. The zero-order chi connectivity index (χ0) is 25.9. The van der Waals surface area contributed by atoms with Crippen LogP contribution in [0.5, 0.6) is 0 Å². The van der Waals surface area contributed by atoms with Crippen molar-refractivity contribution in [3.63, 3.8) is 0 Å². The molecule has 0 amide bonds. The topological polar surface area (TPSA) is 108 Å². The molecule has 0 aliphatic heterocycles. The summed E-state index contributed by atoms with van der Waals surface area (Å²) in [4.78, 5) is 13.1. The SMILES string of the molecule is Cc1cc(Nc2nc(/C=C/c3cccc(C(F)(F)F)c3)nc(Nc3ccc(P(C)(C)=O)cc3)n2)n[nH]1. The first-order valence-corrected chi connectivity index (χ1v) is 13.4. The van der Waals surface area contributed by atoms with Crippen molar-refractivity contribution in [3.8, 4) is 0 Å². The minimum atomic E-state index is -4.44. The lowest BCUT2D eigenvalue weighted by Gasteiger charge is -2.10. The number of benzene rings is 2. The average molecular weight is 513 g/mol. The van der Waals surface area contributed by atoms with Gasteiger partial charge in [-0.05, 0) is 68.3 Å². The molecule has 0 saturated heterocycles. The number of halogens is 3. The van der Waals surface area contributed by atoms with Gasteiger partial charge in [0.1, 0.15) is 7.14 Å². The summed E-state index contributed by atoms with van der Waals surface area (Å²) in [6.07, 6.45) is -1.45. The quantitative estimate of drug-likeness (QED) is 0.267. The zero-order valence-corrected chi connectivity index (χ0v) is 20.5. The fourth-order valence-corrected chi connectivity index (χ4v) is 4.06. The molecule has 36 heavy (non-hydrogen) atoms. The maximum atomic E-state index is 13.0. The van der Waals surface area contributed by atoms with Gasteiger partial charge in [0.2, 0.25) is 11.9 Å². The molecule has 0 bridgehead atoms. The van der Waals surface area contributed by atoms with Crippen LogP contribution in [0.2, 0.25) is 0 Å². The van der Waals surface area contributed by atoms with Gasteiger partial charge < -0.3 is 15.2 Å². The highest BCUT2D eigenvalue weighted by atomic mass is 31.2. The number of hydrogen-bond donors (Lipinski definition) is 3. The average Bonchev–Trinajstić information content (AvgIpc) is 3.21. The van der Waals surface area contributed by atoms with Crippen LogP contribution in [0.1, 0.15) is 22.6 Å². The molecule has 0 unspecified atom stereocenters. The lowest BCUT2D eigenvalue weighted by Crippen LogP contribution is -2.07. The van der Waals surface area contributed by atoms with E-state index < -0.39 is 18.9 Å². The van der Waals surface area contributed by atoms with E-state index in [-0.39, 0.29) is 17.7 Å². The predicted molar refractivity (Wildman–Crippen MR) is 136 cm³/mol. The molecular weight excluding hydrogens is 490 g/mol. The van der Waals surface area contributed by atoms with Crippen molar-refractivity contribution in [3.05, 3.63) is 77.2 Å². The van der Waals surface area contributed by atoms with Crippen molar-refractivity contribution >= 4 is 48.0 Å². The van der Waals surface area contributed by atoms with Crippen molar-refractivity contribution in [2.45, 2.75) is 13.1 Å². The standard InChI is InChI=1S/C24H23F3N7OP/c1-15-13-21(34-33-15)31-23-30-20(12-7-16-5-4-6-17(14-16)24(25,26)27)29-22(32-23)28-18-8-10-19(11-9-18)36(2,3)35/h4-14H,1-3H3,(H3,28,29,30,31,32,33,34)/b12-7+. The minimum Gasteiger partial charge on any atom is -0.324 e. The van der Waals surface area contributed by atoms with Gasteiger partial charge in [-0.25, -0.2) is 0 Å². The third-order valence-corrected chi connectivity index (χ3v) is 6.52. The van der Waals surface area contributed by atoms with E-state index in [9.17, 15) is 17.7 Å². The first-order valence-electron chi connectivity index (χ1n) is 10.8. The van der Waals surface area contributed by atoms with Crippen molar-refractivity contribution < 1.29 is 17.7 Å². The molecule has 8 nitrogen and oxygen atoms in total. The number of aromatic nitrogens is 5. The van der Waals surface area contributed by atoms with Crippen LogP contribution < -0.4 is 15.9 Å². The number of hydrogen-bond acceptors (Lipinski definition) is 7. The molecule has 0 spiro atoms. The van der Waals surface area contributed by atoms with Crippen LogP contribution in [0.15, 0.2) is 54.6 Å². The Morgan fingerprint density at radius 1 is 0.917 bits per heavy atom. The van der Waals surface area contributed by atoms with Crippen molar-refractivity contribution in [1.82, 2.24) is 25.1 Å². The molecule has 0 atom stereocenters. The lowest BCUT2D eigenvalue weighted by molar-refractivity contribution is -0.137. The molecule has 186 valence electrons. The van der Waals surface area contributed by atoms with E-state index in [2.05, 4.69) is 35.8 Å². The van der Waals surface area contributed by atoms with Gasteiger partial charge in [-0.1, -0.05) is 18.2 Å². The highest BCUT2D eigenvalue weighted by Gasteiger charge is 2.30. The van der Waals surface area contributed by atoms with Crippen LogP contribution in [-0.4, -0.2) is 38.5 Å². The Morgan fingerprint density at radius 2 is 1.61 bits per heavy atom. The first-order chi connectivity index (χ1) is 17.0. The largest absolute Gasteiger partial charge is 0.416 e. The summed E-state index contributed by atoms with van der Waals surface area (Å²) in [5.41, 5.74) is 1.09. The van der Waals surface area contributed by atoms with Gasteiger partial charge in [0, 0.05) is 22.8 Å². The van der Waals surface area contributed by atoms with Gasteiger partial charge in [-0.3, -0.25) is 5.10 Å². The number of nitrogens with zero attached hydrogens (tertiary/aromatic N) is 4. The highest BCUT2D eigenvalue weighted by molar-refractivity contribution is 7.70. The van der Waals surface area contributed by atoms with E-state index in [1.807, 2.05) is 6.92 Å². The van der Waals surface area contributed by atoms with Gasteiger partial charge in [0.05, 0.1) is 5.56 Å². The number of aryl methyl sites for hydroxylation is 1. The third-order valence-electron chi connectivity index (χ3n) is 4.98. The number of H-pyrrole nitrogens is 1. The molecule has 2 aromatic heterocycles. The smallest absolute Gasteiger partial charge is 0.324 e. The fraction of sp³-hybridized carbons (Fsp3) is 0.167. The summed E-state index contributed by atoms with van der Waals surface area (Å²) in [5.74, 6) is 1.09. The summed E-state index contributed by atoms with van der Waals surface area (Å²) in [5, 5.41) is 13.7. The molecule has 4 rings (SSSR count). The predicted octanol–water partition coefficient (Wildman–Crippen LogP) is 5.83. The maximum Gasteiger partial charge on any atom is 0.416 e. The molecule has 2 heterocycles. The molecule has 3 N–H and O–H groups in total. The normalized spacial score (nSPS) is 12.2. The molecule has 0 radical (unpaired) electrons. The summed E-state index contributed by atoms with van der Waals surface area (Å²) >= 11 is 0. The minimum absolute atomic E-state index is 0.186. The number of rotatable bonds is 7. The van der Waals surface area contributed by atoms with Crippen LogP contribution >= 0.6 is 7.14 Å². The summed E-state index contributed by atoms with van der Waals surface area (Å²) in [6.45, 7) is 5.23. The summed E-state index contributed by atoms with van der Waals surface area (Å²) in [7, 11) is -2.39. The van der Waals surface area contributed by atoms with Crippen LogP contribution in [0.3, 0.4) is 0 Å². The van der Waals surface area contributed by atoms with Crippen LogP contribution in [0.25, 0.3) is 12.2 Å². The van der Waals surface area contributed by atoms with E-state index in [0.717, 1.165) is 23.1 Å². The van der Waals surface area contributed by atoms with E-state index >= 15 is 0 Å². The van der Waals surface area contributed by atoms with Crippen molar-refractivity contribution in [2.24, 2.45) is 0 Å². The van der Waals surface area contributed by atoms with Crippen LogP contribution in [-0.2, 0) is 10.7 Å². The molecule has 0 saturated carbocycles. The number of anilines is 4. The third kappa shape index (κ3) is 6.57. The Labute approximate surface area is 205 Å². The second-order valence-corrected chi connectivity index (χ2v) is 11.6. The van der Waals surface area contributed by atoms with Gasteiger partial charge in [0.25, 0.3) is 0 Å². The van der Waals surface area contributed by atoms with E-state index in [1.165, 1.54) is 18.2 Å². The molecule has 0 aliphatic carbocycles. The van der Waals surface area contributed by atoms with Crippen molar-refractivity contribution in [1.29, 1.82) is 0 Å². The second kappa shape index (κ2) is 9.94. The summed E-state index contributed by atoms with van der Waals surface area (Å²) < 4.78 is 51.4. The number of alkyl halides is 3. The number of nitrogens with one attached hydrogen (secondary N) is 3.